The number of rotatable bonds is 1. The Morgan fingerprint density at radius 3 is 2.62 bits per heavy atom. The van der Waals surface area contributed by atoms with E-state index in [4.69, 9.17) is 0 Å². The van der Waals surface area contributed by atoms with E-state index >= 15 is 0 Å². The van der Waals surface area contributed by atoms with Crippen LogP contribution in [0.25, 0.3) is 31.6 Å². The molecule has 0 bridgehead atoms. The van der Waals surface area contributed by atoms with Crippen LogP contribution in [0.15, 0.2) is 48.5 Å². The standard InChI is InChI=1S/C17H11N2S.Bi/c1-11-9-10-18-17(19-11)14-7-4-6-13-12-5-2-3-8-15(12)20-16(13)14;/h2-9H,1H3;. The Balaban J connectivity index is 2.09. The van der Waals surface area contributed by atoms with Gasteiger partial charge in [-0.25, -0.2) is 0 Å². The average molecular weight is 484 g/mol. The molecule has 4 aromatic rings. The summed E-state index contributed by atoms with van der Waals surface area (Å²) < 4.78 is 3.72. The third-order valence-electron chi connectivity index (χ3n) is 3.49. The Morgan fingerprint density at radius 2 is 1.76 bits per heavy atom. The SMILES string of the molecule is Cc1c[c]([Bi])nc(-c2cccc3c2sc2ccccc23)n1. The first-order valence-electron chi connectivity index (χ1n) is 6.67. The summed E-state index contributed by atoms with van der Waals surface area (Å²) in [6, 6.07) is 17.0. The number of fused-ring (bicyclic) bond motifs is 3. The van der Waals surface area contributed by atoms with Gasteiger partial charge < -0.3 is 0 Å². The third-order valence-corrected chi connectivity index (χ3v) is 5.60. The molecule has 0 saturated carbocycles. The summed E-state index contributed by atoms with van der Waals surface area (Å²) >= 11 is 2.99. The minimum absolute atomic E-state index is 0.852. The molecule has 100 valence electrons. The van der Waals surface area contributed by atoms with Crippen LogP contribution in [-0.2, 0) is 0 Å². The van der Waals surface area contributed by atoms with E-state index in [2.05, 4.69) is 58.5 Å². The minimum atomic E-state index is 0.852. The summed E-state index contributed by atoms with van der Waals surface area (Å²) in [7, 11) is 0. The predicted octanol–water partition coefficient (Wildman–Crippen LogP) is 3.61. The molecule has 0 saturated heterocycles. The van der Waals surface area contributed by atoms with Crippen molar-refractivity contribution in [3.63, 3.8) is 0 Å². The summed E-state index contributed by atoms with van der Waals surface area (Å²) in [5.74, 6) is 0.852. The van der Waals surface area contributed by atoms with Gasteiger partial charge in [-0.1, -0.05) is 0 Å². The molecule has 2 aromatic carbocycles. The molecule has 0 N–H and O–H groups in total. The fraction of sp³-hybridized carbons (Fsp3) is 0.0588. The number of nitrogens with zero attached hydrogens (tertiary/aromatic N) is 2. The van der Waals surface area contributed by atoms with Gasteiger partial charge in [0.1, 0.15) is 0 Å². The predicted molar refractivity (Wildman–Crippen MR) is 90.5 cm³/mol. The van der Waals surface area contributed by atoms with Crippen molar-refractivity contribution in [3.8, 4) is 11.4 Å². The molecule has 2 heterocycles. The summed E-state index contributed by atoms with van der Waals surface area (Å²) in [4.78, 5) is 9.31. The van der Waals surface area contributed by atoms with Crippen LogP contribution in [-0.4, -0.2) is 34.7 Å². The first-order valence-corrected chi connectivity index (χ1v) is 9.23. The molecule has 0 unspecified atom stereocenters. The van der Waals surface area contributed by atoms with Gasteiger partial charge in [0.15, 0.2) is 0 Å². The summed E-state index contributed by atoms with van der Waals surface area (Å²) in [5.41, 5.74) is 2.18. The number of hydrogen-bond donors (Lipinski definition) is 0. The van der Waals surface area contributed by atoms with E-state index in [1.165, 1.54) is 20.2 Å². The zero-order valence-electron chi connectivity index (χ0n) is 11.4. The van der Waals surface area contributed by atoms with Crippen molar-refractivity contribution in [2.75, 3.05) is 0 Å². The first kappa shape index (κ1) is 13.3. The van der Waals surface area contributed by atoms with E-state index in [0.717, 1.165) is 45.2 Å². The molecule has 0 atom stereocenters. The van der Waals surface area contributed by atoms with Crippen LogP contribution in [0.5, 0.6) is 0 Å². The van der Waals surface area contributed by atoms with Crippen LogP contribution >= 0.6 is 11.3 Å². The van der Waals surface area contributed by atoms with Gasteiger partial charge in [-0.3, -0.25) is 0 Å². The number of aromatic nitrogens is 2. The third kappa shape index (κ3) is 2.27. The summed E-state index contributed by atoms with van der Waals surface area (Å²) in [5, 5.41) is 2.61. The van der Waals surface area contributed by atoms with Crippen molar-refractivity contribution in [1.29, 1.82) is 0 Å². The second-order valence-electron chi connectivity index (χ2n) is 4.97. The fourth-order valence-corrected chi connectivity index (χ4v) is 4.90. The van der Waals surface area contributed by atoms with E-state index in [0.29, 0.717) is 0 Å². The number of hydrogen-bond acceptors (Lipinski definition) is 3. The molecule has 0 aliphatic rings. The van der Waals surface area contributed by atoms with Crippen LogP contribution in [0.1, 0.15) is 5.69 Å². The Kier molecular flexibility index (Phi) is 3.24. The number of thiophene rings is 1. The van der Waals surface area contributed by atoms with Crippen LogP contribution in [0.2, 0.25) is 0 Å². The van der Waals surface area contributed by atoms with E-state index in [-0.39, 0.29) is 0 Å². The van der Waals surface area contributed by atoms with E-state index in [1.54, 1.807) is 0 Å². The van der Waals surface area contributed by atoms with Crippen molar-refractivity contribution in [2.45, 2.75) is 6.92 Å². The molecule has 0 aliphatic carbocycles. The van der Waals surface area contributed by atoms with Crippen molar-refractivity contribution in [3.05, 3.63) is 54.2 Å². The maximum atomic E-state index is 4.67. The van der Waals surface area contributed by atoms with Gasteiger partial charge in [-0.2, -0.15) is 0 Å². The normalized spacial score (nSPS) is 11.3. The second kappa shape index (κ2) is 5.12. The Hall–Kier alpha value is -1.38. The van der Waals surface area contributed by atoms with Crippen molar-refractivity contribution in [2.24, 2.45) is 0 Å². The molecule has 0 spiro atoms. The molecular weight excluding hydrogens is 473 g/mol. The number of benzene rings is 2. The fourth-order valence-electron chi connectivity index (χ4n) is 2.60. The molecule has 0 fully saturated rings. The van der Waals surface area contributed by atoms with Crippen LogP contribution in [0.4, 0.5) is 0 Å². The molecule has 2 nitrogen and oxygen atoms in total. The van der Waals surface area contributed by atoms with Gasteiger partial charge in [-0.15, -0.1) is 0 Å². The topological polar surface area (TPSA) is 25.8 Å². The first-order chi connectivity index (χ1) is 10.2. The van der Waals surface area contributed by atoms with Crippen LogP contribution < -0.4 is 3.40 Å². The monoisotopic (exact) mass is 484 g/mol. The Labute approximate surface area is 141 Å². The quantitative estimate of drug-likeness (QED) is 0.386. The van der Waals surface area contributed by atoms with Crippen LogP contribution in [0, 0.1) is 6.92 Å². The van der Waals surface area contributed by atoms with Crippen molar-refractivity contribution >= 4 is 59.6 Å². The van der Waals surface area contributed by atoms with E-state index in [1.807, 2.05) is 18.3 Å². The van der Waals surface area contributed by atoms with Crippen molar-refractivity contribution in [1.82, 2.24) is 9.97 Å². The second-order valence-corrected chi connectivity index (χ2v) is 7.81. The molecule has 0 aliphatic heterocycles. The number of aryl methyl sites for hydroxylation is 1. The zero-order valence-corrected chi connectivity index (χ0v) is 15.7. The zero-order chi connectivity index (χ0) is 14.4. The molecule has 21 heavy (non-hydrogen) atoms. The van der Waals surface area contributed by atoms with Gasteiger partial charge >= 0.3 is 142 Å². The molecule has 4 rings (SSSR count). The molecular formula is C17H11BiN2S. The average Bonchev–Trinajstić information content (AvgIpc) is 2.84. The molecule has 2 aromatic heterocycles. The molecule has 4 heteroatoms. The van der Waals surface area contributed by atoms with Gasteiger partial charge in [-0.05, 0) is 0 Å². The summed E-state index contributed by atoms with van der Waals surface area (Å²) in [6.07, 6.45) is 0. The summed E-state index contributed by atoms with van der Waals surface area (Å²) in [6.45, 7) is 2.03. The van der Waals surface area contributed by atoms with Crippen molar-refractivity contribution < 1.29 is 0 Å². The Bertz CT molecular complexity index is 955. The van der Waals surface area contributed by atoms with Crippen LogP contribution in [0.3, 0.4) is 0 Å². The Morgan fingerprint density at radius 1 is 0.952 bits per heavy atom. The maximum absolute atomic E-state index is 4.67. The molecule has 0 amide bonds. The van der Waals surface area contributed by atoms with Gasteiger partial charge in [0.25, 0.3) is 0 Å². The van der Waals surface area contributed by atoms with Gasteiger partial charge in [0.2, 0.25) is 0 Å². The van der Waals surface area contributed by atoms with Gasteiger partial charge in [0, 0.05) is 0 Å². The van der Waals surface area contributed by atoms with Gasteiger partial charge in [0.05, 0.1) is 0 Å². The van der Waals surface area contributed by atoms with E-state index in [9.17, 15) is 0 Å². The molecule has 2 radical (unpaired) electrons. The van der Waals surface area contributed by atoms with E-state index < -0.39 is 0 Å².